The van der Waals surface area contributed by atoms with Crippen molar-refractivity contribution in [1.29, 1.82) is 0 Å². The van der Waals surface area contributed by atoms with Crippen LogP contribution in [0.5, 0.6) is 23.0 Å². The molecule has 6 heteroatoms. The van der Waals surface area contributed by atoms with E-state index in [1.807, 2.05) is 6.07 Å². The number of hydrogen-bond donors (Lipinski definition) is 3. The molecule has 166 valence electrons. The highest BCUT2D eigenvalue weighted by molar-refractivity contribution is 6.46. The third-order valence-corrected chi connectivity index (χ3v) is 5.71. The van der Waals surface area contributed by atoms with Crippen LogP contribution in [0.4, 0.5) is 0 Å². The highest BCUT2D eigenvalue weighted by Gasteiger charge is 2.37. The molecule has 0 radical (unpaired) electrons. The van der Waals surface area contributed by atoms with E-state index in [9.17, 15) is 24.9 Å². The number of carbonyl (C=O) groups is 2. The van der Waals surface area contributed by atoms with Crippen LogP contribution in [0.3, 0.4) is 0 Å². The van der Waals surface area contributed by atoms with Gasteiger partial charge in [-0.25, -0.2) is 0 Å². The molecule has 31 heavy (non-hydrogen) atoms. The van der Waals surface area contributed by atoms with Gasteiger partial charge in [-0.3, -0.25) is 9.59 Å². The Hall–Kier alpha value is -3.02. The van der Waals surface area contributed by atoms with E-state index >= 15 is 0 Å². The number of aryl methyl sites for hydroxylation is 1. The highest BCUT2D eigenvalue weighted by Crippen LogP contribution is 2.40. The maximum atomic E-state index is 12.6. The smallest absolute Gasteiger partial charge is 0.248 e. The summed E-state index contributed by atoms with van der Waals surface area (Å²) in [7, 11) is 0. The molecule has 0 spiro atoms. The minimum absolute atomic E-state index is 0.102. The van der Waals surface area contributed by atoms with Crippen molar-refractivity contribution in [2.75, 3.05) is 0 Å². The SMILES string of the molecule is CCCCCCCCCCc1ccc2c(c1)OC(c1cc(O)c(O)c(O)c1)C(=O)C2=O. The molecule has 1 aliphatic rings. The number of carbonyl (C=O) groups excluding carboxylic acids is 2. The Morgan fingerprint density at radius 1 is 0.839 bits per heavy atom. The molecule has 1 atom stereocenters. The number of phenols is 3. The van der Waals surface area contributed by atoms with Gasteiger partial charge in [0.15, 0.2) is 23.4 Å². The van der Waals surface area contributed by atoms with E-state index in [0.717, 1.165) is 37.0 Å². The topological polar surface area (TPSA) is 104 Å². The number of ketones is 2. The molecular weight excluding hydrogens is 396 g/mol. The summed E-state index contributed by atoms with van der Waals surface area (Å²) in [4.78, 5) is 25.1. The second-order valence-corrected chi connectivity index (χ2v) is 8.15. The van der Waals surface area contributed by atoms with E-state index in [4.69, 9.17) is 4.74 Å². The second kappa shape index (κ2) is 10.3. The fraction of sp³-hybridized carbons (Fsp3) is 0.440. The summed E-state index contributed by atoms with van der Waals surface area (Å²) in [5.74, 6) is -3.00. The summed E-state index contributed by atoms with van der Waals surface area (Å²) in [5, 5.41) is 29.0. The van der Waals surface area contributed by atoms with Crippen LogP contribution < -0.4 is 4.74 Å². The van der Waals surface area contributed by atoms with Crippen molar-refractivity contribution < 1.29 is 29.6 Å². The lowest BCUT2D eigenvalue weighted by Crippen LogP contribution is -2.31. The number of unbranched alkanes of at least 4 members (excludes halogenated alkanes) is 7. The van der Waals surface area contributed by atoms with Gasteiger partial charge in [-0.1, -0.05) is 57.9 Å². The number of ether oxygens (including phenoxy) is 1. The number of hydrogen-bond acceptors (Lipinski definition) is 6. The minimum Gasteiger partial charge on any atom is -0.504 e. The Labute approximate surface area is 182 Å². The summed E-state index contributed by atoms with van der Waals surface area (Å²) < 4.78 is 5.80. The van der Waals surface area contributed by atoms with Crippen molar-refractivity contribution in [2.24, 2.45) is 0 Å². The number of benzene rings is 2. The first-order valence-electron chi connectivity index (χ1n) is 11.0. The van der Waals surface area contributed by atoms with Crippen LogP contribution in [0.2, 0.25) is 0 Å². The fourth-order valence-corrected chi connectivity index (χ4v) is 3.90. The van der Waals surface area contributed by atoms with Gasteiger partial charge in [0.25, 0.3) is 0 Å². The Morgan fingerprint density at radius 3 is 2.10 bits per heavy atom. The molecule has 0 aromatic heterocycles. The van der Waals surface area contributed by atoms with Crippen molar-refractivity contribution in [3.63, 3.8) is 0 Å². The van der Waals surface area contributed by atoms with Gasteiger partial charge in [-0.2, -0.15) is 0 Å². The molecule has 0 bridgehead atoms. The van der Waals surface area contributed by atoms with Gasteiger partial charge in [-0.05, 0) is 42.7 Å². The predicted octanol–water partition coefficient (Wildman–Crippen LogP) is 5.37. The fourth-order valence-electron chi connectivity index (χ4n) is 3.90. The zero-order chi connectivity index (χ0) is 22.4. The summed E-state index contributed by atoms with van der Waals surface area (Å²) >= 11 is 0. The van der Waals surface area contributed by atoms with E-state index in [0.29, 0.717) is 5.75 Å². The van der Waals surface area contributed by atoms with E-state index in [-0.39, 0.29) is 11.1 Å². The second-order valence-electron chi connectivity index (χ2n) is 8.15. The van der Waals surface area contributed by atoms with Crippen LogP contribution in [0.15, 0.2) is 30.3 Å². The standard InChI is InChI=1S/C25H30O6/c1-2-3-4-5-6-7-8-9-10-16-11-12-18-21(13-16)31-25(24(30)22(18)28)17-14-19(26)23(29)20(27)15-17/h11-15,25-27,29H,2-10H2,1H3. The van der Waals surface area contributed by atoms with Crippen LogP contribution in [0.25, 0.3) is 0 Å². The molecule has 3 N–H and O–H groups in total. The van der Waals surface area contributed by atoms with E-state index in [1.165, 1.54) is 38.5 Å². The maximum Gasteiger partial charge on any atom is 0.248 e. The lowest BCUT2D eigenvalue weighted by atomic mass is 9.93. The van der Waals surface area contributed by atoms with E-state index < -0.39 is 34.9 Å². The number of Topliss-reactive ketones (excluding diaryl/α,β-unsaturated/α-hetero) is 2. The van der Waals surface area contributed by atoms with Gasteiger partial charge in [0.05, 0.1) is 5.56 Å². The van der Waals surface area contributed by atoms with E-state index in [2.05, 4.69) is 6.92 Å². The molecule has 2 aromatic rings. The Bertz CT molecular complexity index is 926. The van der Waals surface area contributed by atoms with Crippen LogP contribution >= 0.6 is 0 Å². The number of aromatic hydroxyl groups is 3. The van der Waals surface area contributed by atoms with Crippen molar-refractivity contribution in [2.45, 2.75) is 70.8 Å². The molecule has 0 aliphatic carbocycles. The molecular formula is C25H30O6. The normalized spacial score (nSPS) is 15.6. The lowest BCUT2D eigenvalue weighted by molar-refractivity contribution is -0.122. The Morgan fingerprint density at radius 2 is 1.45 bits per heavy atom. The lowest BCUT2D eigenvalue weighted by Gasteiger charge is -2.25. The molecule has 6 nitrogen and oxygen atoms in total. The number of phenolic OH excluding ortho intramolecular Hbond substituents is 3. The monoisotopic (exact) mass is 426 g/mol. The number of rotatable bonds is 10. The number of fused-ring (bicyclic) bond motifs is 1. The van der Waals surface area contributed by atoms with Crippen LogP contribution in [-0.4, -0.2) is 26.9 Å². The van der Waals surface area contributed by atoms with Crippen LogP contribution in [-0.2, 0) is 11.2 Å². The van der Waals surface area contributed by atoms with Crippen LogP contribution in [0, 0.1) is 0 Å². The first-order chi connectivity index (χ1) is 14.9. The Balaban J connectivity index is 1.65. The van der Waals surface area contributed by atoms with Crippen molar-refractivity contribution in [1.82, 2.24) is 0 Å². The zero-order valence-electron chi connectivity index (χ0n) is 17.9. The Kier molecular flexibility index (Phi) is 7.55. The van der Waals surface area contributed by atoms with Gasteiger partial charge in [0.2, 0.25) is 11.6 Å². The molecule has 1 unspecified atom stereocenters. The minimum atomic E-state index is -1.28. The first kappa shape index (κ1) is 22.7. The largest absolute Gasteiger partial charge is 0.504 e. The molecule has 0 fully saturated rings. The summed E-state index contributed by atoms with van der Waals surface area (Å²) in [6, 6.07) is 7.49. The zero-order valence-corrected chi connectivity index (χ0v) is 17.9. The van der Waals surface area contributed by atoms with Gasteiger partial charge >= 0.3 is 0 Å². The average Bonchev–Trinajstić information content (AvgIpc) is 2.76. The van der Waals surface area contributed by atoms with Gasteiger partial charge in [0, 0.05) is 5.56 Å². The van der Waals surface area contributed by atoms with Gasteiger partial charge in [0.1, 0.15) is 5.75 Å². The van der Waals surface area contributed by atoms with Crippen LogP contribution in [0.1, 0.15) is 85.9 Å². The first-order valence-corrected chi connectivity index (χ1v) is 11.0. The third-order valence-electron chi connectivity index (χ3n) is 5.71. The molecule has 1 heterocycles. The van der Waals surface area contributed by atoms with Gasteiger partial charge in [-0.15, -0.1) is 0 Å². The molecule has 0 saturated heterocycles. The summed E-state index contributed by atoms with van der Waals surface area (Å²) in [6.45, 7) is 2.21. The summed E-state index contributed by atoms with van der Waals surface area (Å²) in [5.41, 5.74) is 1.35. The maximum absolute atomic E-state index is 12.6. The molecule has 0 amide bonds. The quantitative estimate of drug-likeness (QED) is 0.268. The molecule has 0 saturated carbocycles. The summed E-state index contributed by atoms with van der Waals surface area (Å²) in [6.07, 6.45) is 9.41. The van der Waals surface area contributed by atoms with Gasteiger partial charge < -0.3 is 20.1 Å². The van der Waals surface area contributed by atoms with Crippen molar-refractivity contribution >= 4 is 11.6 Å². The van der Waals surface area contributed by atoms with E-state index in [1.54, 1.807) is 12.1 Å². The van der Waals surface area contributed by atoms with Crippen molar-refractivity contribution in [3.05, 3.63) is 47.0 Å². The highest BCUT2D eigenvalue weighted by atomic mass is 16.5. The third kappa shape index (κ3) is 5.37. The molecule has 2 aromatic carbocycles. The average molecular weight is 427 g/mol. The molecule has 3 rings (SSSR count). The van der Waals surface area contributed by atoms with Crippen molar-refractivity contribution in [3.8, 4) is 23.0 Å². The molecule has 1 aliphatic heterocycles. The predicted molar refractivity (Wildman–Crippen MR) is 117 cm³/mol.